The number of nitrogens with two attached hydrogens (primary N) is 1. The minimum atomic E-state index is 0.337. The van der Waals surface area contributed by atoms with Crippen molar-refractivity contribution in [3.8, 4) is 0 Å². The average Bonchev–Trinajstić information content (AvgIpc) is 2.02. The third-order valence-electron chi connectivity index (χ3n) is 1.79. The number of rotatable bonds is 8. The largest absolute Gasteiger partial charge is 0.480 e. The second kappa shape index (κ2) is 8.44. The topological polar surface area (TPSA) is 35.2 Å². The zero-order chi connectivity index (χ0) is 9.23. The molecular formula is C10H21NO. The van der Waals surface area contributed by atoms with E-state index in [1.807, 2.05) is 0 Å². The van der Waals surface area contributed by atoms with Crippen LogP contribution in [0.25, 0.3) is 0 Å². The number of ether oxygens (including phenoxy) is 1. The molecule has 0 bridgehead atoms. The Balaban J connectivity index is 2.86. The predicted molar refractivity (Wildman–Crippen MR) is 52.7 cm³/mol. The molecule has 0 atom stereocenters. The van der Waals surface area contributed by atoms with Gasteiger partial charge in [-0.3, -0.25) is 0 Å². The summed E-state index contributed by atoms with van der Waals surface area (Å²) in [4.78, 5) is 0. The molecule has 0 aliphatic heterocycles. The zero-order valence-electron chi connectivity index (χ0n) is 8.14. The molecule has 2 N–H and O–H groups in total. The van der Waals surface area contributed by atoms with Crippen LogP contribution >= 0.6 is 0 Å². The van der Waals surface area contributed by atoms with Gasteiger partial charge in [-0.1, -0.05) is 39.0 Å². The summed E-state index contributed by atoms with van der Waals surface area (Å²) in [5.41, 5.74) is 5.24. The fraction of sp³-hybridized carbons (Fsp3) is 0.800. The third kappa shape index (κ3) is 9.34. The summed E-state index contributed by atoms with van der Waals surface area (Å²) >= 11 is 0. The van der Waals surface area contributed by atoms with E-state index in [0.29, 0.717) is 5.88 Å². The monoisotopic (exact) mass is 171 g/mol. The van der Waals surface area contributed by atoms with Crippen LogP contribution in [0.4, 0.5) is 0 Å². The Bertz CT molecular complexity index is 112. The van der Waals surface area contributed by atoms with Gasteiger partial charge < -0.3 is 10.5 Å². The molecule has 0 aromatic carbocycles. The SMILES string of the molecule is C=C(N)OCCCCCCCC. The molecular weight excluding hydrogens is 150 g/mol. The van der Waals surface area contributed by atoms with Crippen LogP contribution < -0.4 is 5.73 Å². The molecule has 0 spiro atoms. The Labute approximate surface area is 75.8 Å². The maximum absolute atomic E-state index is 5.24. The Hall–Kier alpha value is -0.660. The Morgan fingerprint density at radius 1 is 1.17 bits per heavy atom. The highest BCUT2D eigenvalue weighted by atomic mass is 16.5. The molecule has 2 heteroatoms. The molecule has 0 heterocycles. The molecule has 0 saturated carbocycles. The molecule has 0 saturated heterocycles. The van der Waals surface area contributed by atoms with Crippen molar-refractivity contribution < 1.29 is 4.74 Å². The highest BCUT2D eigenvalue weighted by Crippen LogP contribution is 2.04. The van der Waals surface area contributed by atoms with Crippen LogP contribution in [0.15, 0.2) is 12.5 Å². The minimum Gasteiger partial charge on any atom is -0.480 e. The van der Waals surface area contributed by atoms with Crippen molar-refractivity contribution >= 4 is 0 Å². The molecule has 0 fully saturated rings. The van der Waals surface area contributed by atoms with Gasteiger partial charge in [0, 0.05) is 0 Å². The summed E-state index contributed by atoms with van der Waals surface area (Å²) in [6, 6.07) is 0. The maximum Gasteiger partial charge on any atom is 0.176 e. The van der Waals surface area contributed by atoms with Gasteiger partial charge >= 0.3 is 0 Å². The first kappa shape index (κ1) is 11.3. The second-order valence-electron chi connectivity index (χ2n) is 3.08. The van der Waals surface area contributed by atoms with Gasteiger partial charge in [0.1, 0.15) is 0 Å². The van der Waals surface area contributed by atoms with Crippen LogP contribution in [-0.4, -0.2) is 6.61 Å². The highest BCUT2D eigenvalue weighted by molar-refractivity contribution is 4.70. The molecule has 0 aliphatic carbocycles. The third-order valence-corrected chi connectivity index (χ3v) is 1.79. The van der Waals surface area contributed by atoms with Crippen molar-refractivity contribution in [1.82, 2.24) is 0 Å². The Kier molecular flexibility index (Phi) is 7.97. The van der Waals surface area contributed by atoms with E-state index in [9.17, 15) is 0 Å². The van der Waals surface area contributed by atoms with Crippen molar-refractivity contribution in [2.24, 2.45) is 5.73 Å². The molecule has 0 amide bonds. The first-order valence-corrected chi connectivity index (χ1v) is 4.84. The Morgan fingerprint density at radius 2 is 1.75 bits per heavy atom. The summed E-state index contributed by atoms with van der Waals surface area (Å²) in [5, 5.41) is 0. The van der Waals surface area contributed by atoms with E-state index < -0.39 is 0 Å². The smallest absolute Gasteiger partial charge is 0.176 e. The van der Waals surface area contributed by atoms with E-state index in [2.05, 4.69) is 13.5 Å². The van der Waals surface area contributed by atoms with Gasteiger partial charge in [0.25, 0.3) is 0 Å². The van der Waals surface area contributed by atoms with Crippen LogP contribution in [0.1, 0.15) is 45.4 Å². The van der Waals surface area contributed by atoms with Gasteiger partial charge in [-0.25, -0.2) is 0 Å². The molecule has 2 nitrogen and oxygen atoms in total. The first-order chi connectivity index (χ1) is 5.77. The van der Waals surface area contributed by atoms with E-state index in [4.69, 9.17) is 10.5 Å². The first-order valence-electron chi connectivity index (χ1n) is 4.84. The molecule has 0 aliphatic rings. The molecule has 0 unspecified atom stereocenters. The lowest BCUT2D eigenvalue weighted by atomic mass is 10.1. The number of unbranched alkanes of at least 4 members (excludes halogenated alkanes) is 5. The van der Waals surface area contributed by atoms with Gasteiger partial charge in [-0.2, -0.15) is 0 Å². The predicted octanol–water partition coefficient (Wildman–Crippen LogP) is 2.79. The van der Waals surface area contributed by atoms with Crippen molar-refractivity contribution in [2.75, 3.05) is 6.61 Å². The quantitative estimate of drug-likeness (QED) is 0.450. The van der Waals surface area contributed by atoms with Crippen molar-refractivity contribution in [2.45, 2.75) is 45.4 Å². The van der Waals surface area contributed by atoms with E-state index in [-0.39, 0.29) is 0 Å². The Morgan fingerprint density at radius 3 is 2.33 bits per heavy atom. The van der Waals surface area contributed by atoms with Crippen LogP contribution in [0, 0.1) is 0 Å². The van der Waals surface area contributed by atoms with E-state index in [1.54, 1.807) is 0 Å². The minimum absolute atomic E-state index is 0.337. The summed E-state index contributed by atoms with van der Waals surface area (Å²) in [6.07, 6.45) is 7.65. The van der Waals surface area contributed by atoms with Crippen molar-refractivity contribution in [3.63, 3.8) is 0 Å². The van der Waals surface area contributed by atoms with Gasteiger partial charge in [-0.05, 0) is 13.0 Å². The molecule has 0 radical (unpaired) electrons. The molecule has 0 aromatic heterocycles. The van der Waals surface area contributed by atoms with Crippen LogP contribution in [-0.2, 0) is 4.74 Å². The van der Waals surface area contributed by atoms with Gasteiger partial charge in [0.2, 0.25) is 0 Å². The summed E-state index contributed by atoms with van der Waals surface area (Å²) < 4.78 is 5.03. The lowest BCUT2D eigenvalue weighted by Gasteiger charge is -2.03. The van der Waals surface area contributed by atoms with E-state index in [1.165, 1.54) is 32.1 Å². The van der Waals surface area contributed by atoms with Crippen molar-refractivity contribution in [1.29, 1.82) is 0 Å². The second-order valence-corrected chi connectivity index (χ2v) is 3.08. The lowest BCUT2D eigenvalue weighted by Crippen LogP contribution is -2.01. The standard InChI is InChI=1S/C10H21NO/c1-3-4-5-6-7-8-9-12-10(2)11/h2-9,11H2,1H3. The van der Waals surface area contributed by atoms with Crippen LogP contribution in [0.5, 0.6) is 0 Å². The van der Waals surface area contributed by atoms with E-state index in [0.717, 1.165) is 13.0 Å². The van der Waals surface area contributed by atoms with Crippen molar-refractivity contribution in [3.05, 3.63) is 12.5 Å². The van der Waals surface area contributed by atoms with Crippen LogP contribution in [0.2, 0.25) is 0 Å². The van der Waals surface area contributed by atoms with E-state index >= 15 is 0 Å². The summed E-state index contributed by atoms with van der Waals surface area (Å²) in [7, 11) is 0. The molecule has 0 aromatic rings. The van der Waals surface area contributed by atoms with Gasteiger partial charge in [0.05, 0.1) is 6.61 Å². The molecule has 12 heavy (non-hydrogen) atoms. The summed E-state index contributed by atoms with van der Waals surface area (Å²) in [5.74, 6) is 0.337. The van der Waals surface area contributed by atoms with Gasteiger partial charge in [0.15, 0.2) is 5.88 Å². The fourth-order valence-corrected chi connectivity index (χ4v) is 1.09. The number of hydrogen-bond donors (Lipinski definition) is 1. The fourth-order valence-electron chi connectivity index (χ4n) is 1.09. The molecule has 0 rings (SSSR count). The lowest BCUT2D eigenvalue weighted by molar-refractivity contribution is 0.204. The number of hydrogen-bond acceptors (Lipinski definition) is 2. The zero-order valence-corrected chi connectivity index (χ0v) is 8.14. The average molecular weight is 171 g/mol. The maximum atomic E-state index is 5.24. The normalized spacial score (nSPS) is 9.75. The summed E-state index contributed by atoms with van der Waals surface area (Å²) in [6.45, 7) is 6.41. The van der Waals surface area contributed by atoms with Gasteiger partial charge in [-0.15, -0.1) is 0 Å². The molecule has 72 valence electrons. The highest BCUT2D eigenvalue weighted by Gasteiger charge is 1.90. The van der Waals surface area contributed by atoms with Crippen LogP contribution in [0.3, 0.4) is 0 Å².